The van der Waals surface area contributed by atoms with Gasteiger partial charge in [0.15, 0.2) is 0 Å². The highest BCUT2D eigenvalue weighted by Crippen LogP contribution is 2.38. The molecule has 100 valence electrons. The van der Waals surface area contributed by atoms with E-state index in [-0.39, 0.29) is 11.7 Å². The summed E-state index contributed by atoms with van der Waals surface area (Å²) in [7, 11) is 0. The van der Waals surface area contributed by atoms with Gasteiger partial charge in [-0.05, 0) is 49.3 Å². The van der Waals surface area contributed by atoms with Gasteiger partial charge in [0.1, 0.15) is 5.82 Å². The van der Waals surface area contributed by atoms with Gasteiger partial charge in [-0.1, -0.05) is 18.6 Å². The molecule has 3 heteroatoms. The van der Waals surface area contributed by atoms with Crippen LogP contribution in [-0.4, -0.2) is 12.1 Å². The van der Waals surface area contributed by atoms with Crippen molar-refractivity contribution in [2.45, 2.75) is 50.1 Å². The summed E-state index contributed by atoms with van der Waals surface area (Å²) in [4.78, 5) is 0. The van der Waals surface area contributed by atoms with Crippen molar-refractivity contribution in [2.75, 3.05) is 0 Å². The molecule has 0 aromatic heterocycles. The minimum absolute atomic E-state index is 0.166. The van der Waals surface area contributed by atoms with Crippen molar-refractivity contribution < 1.29 is 4.39 Å². The average molecular weight is 258 g/mol. The molecule has 0 amide bonds. The summed E-state index contributed by atoms with van der Waals surface area (Å²) in [5, 5.41) is 12.7. The molecule has 2 saturated carbocycles. The van der Waals surface area contributed by atoms with Crippen LogP contribution >= 0.6 is 0 Å². The third-order valence-corrected chi connectivity index (χ3v) is 4.61. The summed E-state index contributed by atoms with van der Waals surface area (Å²) in [5.74, 6) is 0.588. The van der Waals surface area contributed by atoms with Crippen LogP contribution in [-0.2, 0) is 0 Å². The first-order valence-corrected chi connectivity index (χ1v) is 7.17. The van der Waals surface area contributed by atoms with Crippen LogP contribution in [0.2, 0.25) is 0 Å². The Kier molecular flexibility index (Phi) is 3.52. The van der Waals surface area contributed by atoms with Crippen LogP contribution in [0, 0.1) is 23.1 Å². The van der Waals surface area contributed by atoms with Gasteiger partial charge >= 0.3 is 0 Å². The molecular formula is C16H19FN2. The molecule has 1 aromatic carbocycles. The lowest BCUT2D eigenvalue weighted by molar-refractivity contribution is 0.254. The van der Waals surface area contributed by atoms with Crippen LogP contribution in [0.25, 0.3) is 0 Å². The Bertz CT molecular complexity index is 471. The molecule has 0 heterocycles. The van der Waals surface area contributed by atoms with Crippen molar-refractivity contribution >= 4 is 0 Å². The van der Waals surface area contributed by atoms with Gasteiger partial charge in [-0.25, -0.2) is 4.39 Å². The zero-order valence-corrected chi connectivity index (χ0v) is 11.0. The Morgan fingerprint density at radius 3 is 2.58 bits per heavy atom. The van der Waals surface area contributed by atoms with E-state index >= 15 is 0 Å². The number of nitrogens with zero attached hydrogens (tertiary/aromatic N) is 1. The van der Waals surface area contributed by atoms with Gasteiger partial charge in [0.05, 0.1) is 12.0 Å². The van der Waals surface area contributed by atoms with Crippen molar-refractivity contribution in [1.29, 1.82) is 5.26 Å². The van der Waals surface area contributed by atoms with E-state index in [1.54, 1.807) is 12.1 Å². The molecular weight excluding hydrogens is 239 g/mol. The highest BCUT2D eigenvalue weighted by molar-refractivity contribution is 5.23. The monoisotopic (exact) mass is 258 g/mol. The summed E-state index contributed by atoms with van der Waals surface area (Å²) in [6, 6.07) is 10.2. The quantitative estimate of drug-likeness (QED) is 0.902. The summed E-state index contributed by atoms with van der Waals surface area (Å²) >= 11 is 0. The van der Waals surface area contributed by atoms with Gasteiger partial charge in [0, 0.05) is 12.1 Å². The highest BCUT2D eigenvalue weighted by atomic mass is 19.1. The third-order valence-electron chi connectivity index (χ3n) is 4.61. The molecule has 0 spiro atoms. The van der Waals surface area contributed by atoms with E-state index in [0.29, 0.717) is 18.0 Å². The third kappa shape index (κ3) is 2.64. The molecule has 2 nitrogen and oxygen atoms in total. The Morgan fingerprint density at radius 2 is 1.89 bits per heavy atom. The predicted octanol–water partition coefficient (Wildman–Crippen LogP) is 3.35. The minimum Gasteiger partial charge on any atom is -0.310 e. The number of hydrogen-bond acceptors (Lipinski definition) is 2. The number of nitriles is 1. The Labute approximate surface area is 113 Å². The van der Waals surface area contributed by atoms with E-state index < -0.39 is 0 Å². The van der Waals surface area contributed by atoms with Crippen molar-refractivity contribution in [2.24, 2.45) is 5.92 Å². The van der Waals surface area contributed by atoms with E-state index in [0.717, 1.165) is 25.7 Å². The number of rotatable bonds is 3. The molecule has 0 bridgehead atoms. The van der Waals surface area contributed by atoms with E-state index in [1.165, 1.54) is 12.0 Å². The lowest BCUT2D eigenvalue weighted by atomic mass is 9.75. The van der Waals surface area contributed by atoms with Gasteiger partial charge in [-0.3, -0.25) is 0 Å². The molecule has 2 aliphatic carbocycles. The fourth-order valence-electron chi connectivity index (χ4n) is 3.38. The highest BCUT2D eigenvalue weighted by Gasteiger charge is 2.35. The fraction of sp³-hybridized carbons (Fsp3) is 0.562. The topological polar surface area (TPSA) is 35.8 Å². The summed E-state index contributed by atoms with van der Waals surface area (Å²) < 4.78 is 12.9. The molecule has 1 N–H and O–H groups in total. The van der Waals surface area contributed by atoms with Gasteiger partial charge in [0.25, 0.3) is 0 Å². The molecule has 1 aromatic rings. The Balaban J connectivity index is 1.50. The average Bonchev–Trinajstić information content (AvgIpc) is 2.82. The van der Waals surface area contributed by atoms with Crippen LogP contribution in [0.4, 0.5) is 4.39 Å². The molecule has 2 fully saturated rings. The zero-order chi connectivity index (χ0) is 13.2. The van der Waals surface area contributed by atoms with Gasteiger partial charge in [-0.2, -0.15) is 5.26 Å². The summed E-state index contributed by atoms with van der Waals surface area (Å²) in [6.07, 6.45) is 5.57. The lowest BCUT2D eigenvalue weighted by Gasteiger charge is -2.38. The van der Waals surface area contributed by atoms with E-state index in [4.69, 9.17) is 5.26 Å². The van der Waals surface area contributed by atoms with Crippen LogP contribution in [0.5, 0.6) is 0 Å². The minimum atomic E-state index is -0.166. The van der Waals surface area contributed by atoms with Crippen molar-refractivity contribution in [3.63, 3.8) is 0 Å². The van der Waals surface area contributed by atoms with Crippen LogP contribution in [0.15, 0.2) is 24.3 Å². The van der Waals surface area contributed by atoms with Crippen LogP contribution < -0.4 is 5.32 Å². The standard InChI is InChI=1S/C16H19FN2/c17-14-6-4-11(5-7-14)13-8-15(9-13)19-16-3-1-2-12(16)10-18/h4-7,12-13,15-16,19H,1-3,8-9H2. The number of nitrogens with one attached hydrogen (secondary N) is 1. The van der Waals surface area contributed by atoms with Gasteiger partial charge < -0.3 is 5.32 Å². The van der Waals surface area contributed by atoms with Crippen molar-refractivity contribution in [3.05, 3.63) is 35.6 Å². The maximum Gasteiger partial charge on any atom is 0.123 e. The maximum atomic E-state index is 12.9. The van der Waals surface area contributed by atoms with Crippen molar-refractivity contribution in [3.8, 4) is 6.07 Å². The smallest absolute Gasteiger partial charge is 0.123 e. The van der Waals surface area contributed by atoms with E-state index in [9.17, 15) is 4.39 Å². The largest absolute Gasteiger partial charge is 0.310 e. The predicted molar refractivity (Wildman–Crippen MR) is 72.0 cm³/mol. The summed E-state index contributed by atoms with van der Waals surface area (Å²) in [6.45, 7) is 0. The van der Waals surface area contributed by atoms with Crippen LogP contribution in [0.1, 0.15) is 43.6 Å². The molecule has 0 saturated heterocycles. The maximum absolute atomic E-state index is 12.9. The first kappa shape index (κ1) is 12.6. The fourth-order valence-corrected chi connectivity index (χ4v) is 3.38. The van der Waals surface area contributed by atoms with E-state index in [2.05, 4.69) is 11.4 Å². The normalized spacial score (nSPS) is 33.7. The van der Waals surface area contributed by atoms with Gasteiger partial charge in [-0.15, -0.1) is 0 Å². The molecule has 0 aliphatic heterocycles. The SMILES string of the molecule is N#CC1CCCC1NC1CC(c2ccc(F)cc2)C1. The summed E-state index contributed by atoms with van der Waals surface area (Å²) in [5.41, 5.74) is 1.24. The second kappa shape index (κ2) is 5.30. The second-order valence-electron chi connectivity index (χ2n) is 5.86. The lowest BCUT2D eigenvalue weighted by Crippen LogP contribution is -2.46. The zero-order valence-electron chi connectivity index (χ0n) is 11.0. The molecule has 0 radical (unpaired) electrons. The molecule has 3 rings (SSSR count). The molecule has 2 atom stereocenters. The van der Waals surface area contributed by atoms with Gasteiger partial charge in [0.2, 0.25) is 0 Å². The van der Waals surface area contributed by atoms with E-state index in [1.807, 2.05) is 12.1 Å². The number of hydrogen-bond donors (Lipinski definition) is 1. The Morgan fingerprint density at radius 1 is 1.16 bits per heavy atom. The van der Waals surface area contributed by atoms with Crippen LogP contribution in [0.3, 0.4) is 0 Å². The number of benzene rings is 1. The second-order valence-corrected chi connectivity index (χ2v) is 5.86. The molecule has 19 heavy (non-hydrogen) atoms. The first-order chi connectivity index (χ1) is 9.26. The van der Waals surface area contributed by atoms with Crippen molar-refractivity contribution in [1.82, 2.24) is 5.32 Å². The molecule has 2 aliphatic rings. The first-order valence-electron chi connectivity index (χ1n) is 7.17. The Hall–Kier alpha value is -1.40. The molecule has 2 unspecified atom stereocenters. The number of halogens is 1.